The number of amides is 5. The number of fused-ring (bicyclic) bond motifs is 1. The lowest BCUT2D eigenvalue weighted by molar-refractivity contribution is -0.145. The van der Waals surface area contributed by atoms with Gasteiger partial charge in [-0.05, 0) is 43.4 Å². The van der Waals surface area contributed by atoms with Crippen LogP contribution in [0.25, 0.3) is 0 Å². The first-order valence-electron chi connectivity index (χ1n) is 16.4. The minimum absolute atomic E-state index is 0.00861. The van der Waals surface area contributed by atoms with Crippen molar-refractivity contribution in [3.05, 3.63) is 24.3 Å². The Hall–Kier alpha value is -4.04. The predicted octanol–water partition coefficient (Wildman–Crippen LogP) is 1.38. The number of hydrogen-bond acceptors (Lipinski definition) is 8. The fourth-order valence-corrected chi connectivity index (χ4v) is 6.38. The van der Waals surface area contributed by atoms with E-state index in [9.17, 15) is 28.8 Å². The van der Waals surface area contributed by atoms with E-state index in [2.05, 4.69) is 31.2 Å². The number of carbonyl (C=O) groups excluding carboxylic acids is 6. The third kappa shape index (κ3) is 8.28. The van der Waals surface area contributed by atoms with Crippen LogP contribution >= 0.6 is 0 Å². The first-order chi connectivity index (χ1) is 22.2. The summed E-state index contributed by atoms with van der Waals surface area (Å²) in [6, 6.07) is -4.91. The molecule has 4 N–H and O–H groups in total. The standard InChI is InChI=1S/C32H45F2N7O6/c1-6-7-21(26(42)30(46)37-18-8-9-18)38-29(45)25-19-10-11-32(33,34)20(19)15-41(25)31(47)24(17(4)5)40-28(44)23(16(2)3)39-27(43)22-14-35-12-13-36-22/h12-14,16-21,23-25H,6-11,15H2,1-5H3,(H,37,46)(H,38,45)(H,39,43)(H,40,44)/t19-,20-,21?,23+,24-,25?/m0/s1. The van der Waals surface area contributed by atoms with Gasteiger partial charge in [-0.1, -0.05) is 41.0 Å². The summed E-state index contributed by atoms with van der Waals surface area (Å²) >= 11 is 0. The van der Waals surface area contributed by atoms with Crippen LogP contribution in [0.4, 0.5) is 8.78 Å². The van der Waals surface area contributed by atoms with Crippen molar-refractivity contribution in [1.29, 1.82) is 0 Å². The van der Waals surface area contributed by atoms with Crippen molar-refractivity contribution in [2.75, 3.05) is 6.54 Å². The van der Waals surface area contributed by atoms with Crippen LogP contribution in [-0.2, 0) is 24.0 Å². The summed E-state index contributed by atoms with van der Waals surface area (Å²) < 4.78 is 30.1. The topological polar surface area (TPSA) is 180 Å². The Balaban J connectivity index is 1.55. The molecule has 0 radical (unpaired) electrons. The smallest absolute Gasteiger partial charge is 0.289 e. The Bertz CT molecular complexity index is 1360. The molecule has 258 valence electrons. The van der Waals surface area contributed by atoms with Gasteiger partial charge in [-0.15, -0.1) is 0 Å². The summed E-state index contributed by atoms with van der Waals surface area (Å²) in [5.74, 6) is -10.7. The molecule has 13 nitrogen and oxygen atoms in total. The normalized spacial score (nSPS) is 23.4. The van der Waals surface area contributed by atoms with E-state index >= 15 is 8.78 Å². The number of rotatable bonds is 14. The van der Waals surface area contributed by atoms with Gasteiger partial charge in [0.05, 0.1) is 12.2 Å². The number of nitrogens with one attached hydrogen (secondary N) is 4. The molecule has 1 aromatic heterocycles. The van der Waals surface area contributed by atoms with Crippen LogP contribution in [0.2, 0.25) is 0 Å². The Morgan fingerprint density at radius 3 is 2.21 bits per heavy atom. The highest BCUT2D eigenvalue weighted by atomic mass is 19.3. The first-order valence-corrected chi connectivity index (χ1v) is 16.4. The van der Waals surface area contributed by atoms with Gasteiger partial charge in [-0.25, -0.2) is 13.8 Å². The maximum absolute atomic E-state index is 15.0. The van der Waals surface area contributed by atoms with E-state index in [1.807, 2.05) is 0 Å². The van der Waals surface area contributed by atoms with E-state index in [0.29, 0.717) is 6.42 Å². The zero-order chi connectivity index (χ0) is 34.6. The molecule has 2 heterocycles. The molecule has 3 aliphatic rings. The fourth-order valence-electron chi connectivity index (χ4n) is 6.38. The molecule has 2 unspecified atom stereocenters. The lowest BCUT2D eigenvalue weighted by Gasteiger charge is -2.34. The van der Waals surface area contributed by atoms with Crippen molar-refractivity contribution >= 4 is 35.3 Å². The third-order valence-electron chi connectivity index (χ3n) is 9.17. The lowest BCUT2D eigenvalue weighted by Crippen LogP contribution is -2.60. The van der Waals surface area contributed by atoms with Gasteiger partial charge in [-0.3, -0.25) is 33.8 Å². The average molecular weight is 662 g/mol. The van der Waals surface area contributed by atoms with Crippen LogP contribution in [0.15, 0.2) is 18.6 Å². The van der Waals surface area contributed by atoms with Crippen molar-refractivity contribution in [2.24, 2.45) is 23.7 Å². The van der Waals surface area contributed by atoms with E-state index in [1.165, 1.54) is 18.6 Å². The molecule has 3 fully saturated rings. The highest BCUT2D eigenvalue weighted by molar-refractivity contribution is 6.38. The van der Waals surface area contributed by atoms with Gasteiger partial charge in [0.25, 0.3) is 17.7 Å². The highest BCUT2D eigenvalue weighted by Crippen LogP contribution is 2.51. The Morgan fingerprint density at radius 2 is 1.64 bits per heavy atom. The second-order valence-corrected chi connectivity index (χ2v) is 13.5. The summed E-state index contributed by atoms with van der Waals surface area (Å²) in [6.07, 6.45) is 5.64. The van der Waals surface area contributed by atoms with Crippen molar-refractivity contribution < 1.29 is 37.5 Å². The summed E-state index contributed by atoms with van der Waals surface area (Å²) in [6.45, 7) is 8.10. The molecule has 4 rings (SSSR count). The maximum atomic E-state index is 15.0. The number of carbonyl (C=O) groups is 6. The van der Waals surface area contributed by atoms with Crippen molar-refractivity contribution in [2.45, 2.75) is 109 Å². The summed E-state index contributed by atoms with van der Waals surface area (Å²) in [4.78, 5) is 88.7. The Kier molecular flexibility index (Phi) is 11.3. The van der Waals surface area contributed by atoms with Crippen molar-refractivity contribution in [3.8, 4) is 0 Å². The van der Waals surface area contributed by atoms with Crippen LogP contribution in [0.3, 0.4) is 0 Å². The van der Waals surface area contributed by atoms with Gasteiger partial charge < -0.3 is 26.2 Å². The number of halogens is 2. The Morgan fingerprint density at radius 1 is 0.957 bits per heavy atom. The quantitative estimate of drug-likeness (QED) is 0.216. The van der Waals surface area contributed by atoms with Crippen molar-refractivity contribution in [3.63, 3.8) is 0 Å². The molecule has 1 aliphatic heterocycles. The second kappa shape index (κ2) is 14.8. The summed E-state index contributed by atoms with van der Waals surface area (Å²) in [7, 11) is 0. The van der Waals surface area contributed by atoms with Gasteiger partial charge in [-0.2, -0.15) is 0 Å². The number of hydrogen-bond donors (Lipinski definition) is 4. The number of nitrogens with zero attached hydrogens (tertiary/aromatic N) is 3. The van der Waals surface area contributed by atoms with Gasteiger partial charge >= 0.3 is 0 Å². The molecule has 1 aromatic rings. The minimum Gasteiger partial charge on any atom is -0.347 e. The summed E-state index contributed by atoms with van der Waals surface area (Å²) in [5, 5.41) is 10.5. The van der Waals surface area contributed by atoms with Crippen LogP contribution in [-0.4, -0.2) is 92.9 Å². The molecule has 0 bridgehead atoms. The number of ketones is 1. The molecule has 0 spiro atoms. The zero-order valence-electron chi connectivity index (χ0n) is 27.4. The molecule has 2 aliphatic carbocycles. The van der Waals surface area contributed by atoms with E-state index in [4.69, 9.17) is 0 Å². The SMILES string of the molecule is CCCC(NC(=O)C1[C@H]2CCC(F)(F)[C@H]2CN1C(=O)[C@@H](NC(=O)[C@H](NC(=O)c1cnccn1)C(C)C)C(C)C)C(=O)C(=O)NC1CC1. The largest absolute Gasteiger partial charge is 0.347 e. The van der Waals surface area contributed by atoms with Gasteiger partial charge in [0.15, 0.2) is 0 Å². The number of alkyl halides is 2. The van der Waals surface area contributed by atoms with Crippen LogP contribution in [0.1, 0.15) is 83.6 Å². The second-order valence-electron chi connectivity index (χ2n) is 13.5. The van der Waals surface area contributed by atoms with Gasteiger partial charge in [0, 0.05) is 37.3 Å². The highest BCUT2D eigenvalue weighted by Gasteiger charge is 2.61. The molecule has 0 aromatic carbocycles. The zero-order valence-corrected chi connectivity index (χ0v) is 27.4. The number of likely N-dealkylation sites (tertiary alicyclic amines) is 1. The fraction of sp³-hybridized carbons (Fsp3) is 0.688. The van der Waals surface area contributed by atoms with Gasteiger partial charge in [0.2, 0.25) is 23.5 Å². The van der Waals surface area contributed by atoms with Crippen molar-refractivity contribution in [1.82, 2.24) is 36.1 Å². The molecule has 1 saturated heterocycles. The van der Waals surface area contributed by atoms with Crippen LogP contribution in [0, 0.1) is 23.7 Å². The molecular weight excluding hydrogens is 616 g/mol. The third-order valence-corrected chi connectivity index (χ3v) is 9.17. The van der Waals surface area contributed by atoms with E-state index in [1.54, 1.807) is 34.6 Å². The van der Waals surface area contributed by atoms with E-state index in [-0.39, 0.29) is 24.6 Å². The first kappa shape index (κ1) is 35.8. The summed E-state index contributed by atoms with van der Waals surface area (Å²) in [5.41, 5.74) is -0.00861. The lowest BCUT2D eigenvalue weighted by atomic mass is 9.91. The minimum atomic E-state index is -3.12. The molecule has 47 heavy (non-hydrogen) atoms. The molecule has 2 saturated carbocycles. The van der Waals surface area contributed by atoms with Gasteiger partial charge in [0.1, 0.15) is 23.8 Å². The Labute approximate surface area is 272 Å². The molecular formula is C32H45F2N7O6. The van der Waals surface area contributed by atoms with E-state index < -0.39 is 102 Å². The molecule has 15 heteroatoms. The predicted molar refractivity (Wildman–Crippen MR) is 165 cm³/mol. The van der Waals surface area contributed by atoms with Crippen LogP contribution < -0.4 is 21.3 Å². The average Bonchev–Trinajstić information content (AvgIpc) is 3.67. The molecule has 6 atom stereocenters. The maximum Gasteiger partial charge on any atom is 0.289 e. The number of Topliss-reactive ketones (excluding diaryl/α,β-unsaturated/α-hetero) is 1. The monoisotopic (exact) mass is 661 g/mol. The van der Waals surface area contributed by atoms with Crippen LogP contribution in [0.5, 0.6) is 0 Å². The molecule has 5 amide bonds. The van der Waals surface area contributed by atoms with E-state index in [0.717, 1.165) is 17.7 Å². The number of aromatic nitrogens is 2.